The summed E-state index contributed by atoms with van der Waals surface area (Å²) in [6, 6.07) is 16.4. The van der Waals surface area contributed by atoms with Gasteiger partial charge in [0.15, 0.2) is 0 Å². The Morgan fingerprint density at radius 3 is 2.74 bits per heavy atom. The van der Waals surface area contributed by atoms with Crippen LogP contribution < -0.4 is 5.01 Å². The molecule has 4 nitrogen and oxygen atoms in total. The number of fused-ring (bicyclic) bond motifs is 1. The molecule has 4 rings (SSSR count). The van der Waals surface area contributed by atoms with E-state index in [4.69, 9.17) is 11.6 Å². The fourth-order valence-electron chi connectivity index (χ4n) is 2.36. The Hall–Kier alpha value is -2.06. The van der Waals surface area contributed by atoms with E-state index in [1.54, 1.807) is 41.8 Å². The lowest BCUT2D eigenvalue weighted by atomic mass is 10.2. The number of amides is 1. The van der Waals surface area contributed by atoms with Crippen molar-refractivity contribution in [2.75, 3.05) is 5.01 Å². The summed E-state index contributed by atoms with van der Waals surface area (Å²) in [5, 5.41) is 8.80. The molecular weight excluding hydrogens is 466 g/mol. The third kappa shape index (κ3) is 4.11. The first-order valence-electron chi connectivity index (χ1n) is 7.84. The predicted molar refractivity (Wildman–Crippen MR) is 117 cm³/mol. The summed E-state index contributed by atoms with van der Waals surface area (Å²) in [6.07, 6.45) is 1.67. The van der Waals surface area contributed by atoms with Gasteiger partial charge in [-0.25, -0.2) is 4.98 Å². The molecule has 2 aromatic carbocycles. The summed E-state index contributed by atoms with van der Waals surface area (Å²) >= 11 is 12.4. The van der Waals surface area contributed by atoms with Crippen LogP contribution in [0.15, 0.2) is 69.6 Å². The van der Waals surface area contributed by atoms with E-state index in [1.807, 2.05) is 35.7 Å². The van der Waals surface area contributed by atoms with Crippen molar-refractivity contribution in [3.8, 4) is 0 Å². The zero-order valence-corrected chi connectivity index (χ0v) is 17.6. The van der Waals surface area contributed by atoms with E-state index in [0.29, 0.717) is 15.7 Å². The molecule has 0 saturated heterocycles. The zero-order chi connectivity index (χ0) is 18.8. The lowest BCUT2D eigenvalue weighted by molar-refractivity contribution is 0.0988. The second kappa shape index (κ2) is 7.90. The van der Waals surface area contributed by atoms with Crippen LogP contribution in [-0.2, 0) is 0 Å². The number of thiophene rings is 1. The largest absolute Gasteiger partial charge is 0.280 e. The highest BCUT2D eigenvalue weighted by Gasteiger charge is 2.21. The Kier molecular flexibility index (Phi) is 5.36. The van der Waals surface area contributed by atoms with Crippen LogP contribution >= 0.6 is 50.2 Å². The summed E-state index contributed by atoms with van der Waals surface area (Å²) in [7, 11) is 0. The maximum atomic E-state index is 13.1. The number of rotatable bonds is 4. The molecule has 0 atom stereocenters. The van der Waals surface area contributed by atoms with Crippen LogP contribution in [0.1, 0.15) is 15.2 Å². The van der Waals surface area contributed by atoms with E-state index < -0.39 is 0 Å². The van der Waals surface area contributed by atoms with Gasteiger partial charge in [0.05, 0.1) is 16.4 Å². The molecule has 4 aromatic rings. The Morgan fingerprint density at radius 2 is 2.00 bits per heavy atom. The minimum atomic E-state index is -0.266. The molecule has 27 heavy (non-hydrogen) atoms. The third-order valence-electron chi connectivity index (χ3n) is 3.65. The summed E-state index contributed by atoms with van der Waals surface area (Å²) in [5.41, 5.74) is 1.31. The highest BCUT2D eigenvalue weighted by Crippen LogP contribution is 2.32. The first kappa shape index (κ1) is 18.3. The molecule has 0 aliphatic heterocycles. The minimum Gasteiger partial charge on any atom is -0.267 e. The van der Waals surface area contributed by atoms with E-state index in [-0.39, 0.29) is 5.91 Å². The number of nitrogens with zero attached hydrogens (tertiary/aromatic N) is 3. The van der Waals surface area contributed by atoms with Gasteiger partial charge in [-0.05, 0) is 53.9 Å². The number of carbonyl (C=O) groups is 1. The summed E-state index contributed by atoms with van der Waals surface area (Å²) in [6.45, 7) is 0. The van der Waals surface area contributed by atoms with Gasteiger partial charge in [-0.15, -0.1) is 11.3 Å². The number of anilines is 1. The molecule has 2 aromatic heterocycles. The van der Waals surface area contributed by atoms with Gasteiger partial charge in [0.1, 0.15) is 0 Å². The molecular formula is C19H11BrClN3OS2. The van der Waals surface area contributed by atoms with Crippen LogP contribution in [0.3, 0.4) is 0 Å². The molecule has 0 spiro atoms. The van der Waals surface area contributed by atoms with E-state index in [9.17, 15) is 4.79 Å². The fraction of sp³-hybridized carbons (Fsp3) is 0. The van der Waals surface area contributed by atoms with Crippen LogP contribution in [-0.4, -0.2) is 17.1 Å². The second-order valence-corrected chi connectivity index (χ2v) is 8.83. The highest BCUT2D eigenvalue weighted by atomic mass is 79.9. The first-order valence-corrected chi connectivity index (χ1v) is 10.7. The number of benzene rings is 2. The van der Waals surface area contributed by atoms with Gasteiger partial charge in [-0.2, -0.15) is 10.1 Å². The SMILES string of the molecule is O=C(c1ccc(Cl)cc1)N(/N=C/c1cccs1)c1nc2ccc(Br)cc2s1. The fourth-order valence-corrected chi connectivity index (χ4v) is 4.54. The van der Waals surface area contributed by atoms with E-state index >= 15 is 0 Å². The first-order chi connectivity index (χ1) is 13.1. The number of hydrogen-bond acceptors (Lipinski definition) is 5. The number of aromatic nitrogens is 1. The van der Waals surface area contributed by atoms with Gasteiger partial charge >= 0.3 is 0 Å². The molecule has 8 heteroatoms. The van der Waals surface area contributed by atoms with Crippen molar-refractivity contribution in [1.82, 2.24) is 4.98 Å². The van der Waals surface area contributed by atoms with Gasteiger partial charge in [0.2, 0.25) is 5.13 Å². The van der Waals surface area contributed by atoms with Crippen molar-refractivity contribution in [3.63, 3.8) is 0 Å². The van der Waals surface area contributed by atoms with E-state index in [2.05, 4.69) is 26.0 Å². The normalized spacial score (nSPS) is 11.3. The number of carbonyl (C=O) groups excluding carboxylic acids is 1. The Bertz CT molecular complexity index is 1120. The zero-order valence-electron chi connectivity index (χ0n) is 13.7. The Balaban J connectivity index is 1.76. The van der Waals surface area contributed by atoms with Crippen molar-refractivity contribution in [1.29, 1.82) is 0 Å². The van der Waals surface area contributed by atoms with Crippen LogP contribution in [0.4, 0.5) is 5.13 Å². The average molecular weight is 477 g/mol. The lowest BCUT2D eigenvalue weighted by Crippen LogP contribution is -2.25. The molecule has 0 fully saturated rings. The van der Waals surface area contributed by atoms with Crippen LogP contribution in [0.25, 0.3) is 10.2 Å². The smallest absolute Gasteiger partial charge is 0.267 e. The number of halogens is 2. The highest BCUT2D eigenvalue weighted by molar-refractivity contribution is 9.10. The van der Waals surface area contributed by atoms with Gasteiger partial charge in [-0.3, -0.25) is 4.79 Å². The monoisotopic (exact) mass is 475 g/mol. The summed E-state index contributed by atoms with van der Waals surface area (Å²) in [4.78, 5) is 18.6. The topological polar surface area (TPSA) is 45.6 Å². The molecule has 0 unspecified atom stereocenters. The van der Waals surface area contributed by atoms with Crippen LogP contribution in [0.2, 0.25) is 5.02 Å². The van der Waals surface area contributed by atoms with Crippen molar-refractivity contribution < 1.29 is 4.79 Å². The third-order valence-corrected chi connectivity index (χ3v) is 6.19. The number of hydrogen-bond donors (Lipinski definition) is 0. The molecule has 0 aliphatic rings. The van der Waals surface area contributed by atoms with E-state index in [1.165, 1.54) is 16.3 Å². The lowest BCUT2D eigenvalue weighted by Gasteiger charge is -2.13. The molecule has 0 bridgehead atoms. The van der Waals surface area contributed by atoms with Gasteiger partial charge in [0.25, 0.3) is 5.91 Å². The number of hydrazone groups is 1. The number of thiazole rings is 1. The van der Waals surface area contributed by atoms with Crippen molar-refractivity contribution in [2.24, 2.45) is 5.10 Å². The van der Waals surface area contributed by atoms with Gasteiger partial charge in [0, 0.05) is 19.9 Å². The predicted octanol–water partition coefficient (Wildman–Crippen LogP) is 6.45. The molecule has 0 N–H and O–H groups in total. The van der Waals surface area contributed by atoms with Crippen LogP contribution in [0, 0.1) is 0 Å². The van der Waals surface area contributed by atoms with Crippen LogP contribution in [0.5, 0.6) is 0 Å². The van der Waals surface area contributed by atoms with E-state index in [0.717, 1.165) is 19.6 Å². The molecule has 1 amide bonds. The molecule has 0 saturated carbocycles. The molecule has 2 heterocycles. The Morgan fingerprint density at radius 1 is 1.19 bits per heavy atom. The van der Waals surface area contributed by atoms with Crippen molar-refractivity contribution >= 4 is 77.7 Å². The molecule has 0 radical (unpaired) electrons. The maximum Gasteiger partial charge on any atom is 0.280 e. The maximum absolute atomic E-state index is 13.1. The summed E-state index contributed by atoms with van der Waals surface area (Å²) in [5.74, 6) is -0.266. The molecule has 134 valence electrons. The minimum absolute atomic E-state index is 0.266. The van der Waals surface area contributed by atoms with Crippen molar-refractivity contribution in [3.05, 3.63) is 79.9 Å². The standard InChI is InChI=1S/C19H11BrClN3OS2/c20-13-5-8-16-17(10-13)27-19(23-16)24(22-11-15-2-1-9-26-15)18(25)12-3-6-14(21)7-4-12/h1-11H/b22-11+. The van der Waals surface area contributed by atoms with Gasteiger partial charge < -0.3 is 0 Å². The van der Waals surface area contributed by atoms with Crippen molar-refractivity contribution in [2.45, 2.75) is 0 Å². The Labute approximate surface area is 176 Å². The summed E-state index contributed by atoms with van der Waals surface area (Å²) < 4.78 is 1.93. The second-order valence-electron chi connectivity index (χ2n) is 5.49. The average Bonchev–Trinajstić information content (AvgIpc) is 3.31. The van der Waals surface area contributed by atoms with Gasteiger partial charge in [-0.1, -0.05) is 44.9 Å². The quantitative estimate of drug-likeness (QED) is 0.251. The molecule has 0 aliphatic carbocycles.